The first kappa shape index (κ1) is 18.6. The van der Waals surface area contributed by atoms with Crippen LogP contribution in [0.25, 0.3) is 10.9 Å². The van der Waals surface area contributed by atoms with E-state index in [1.54, 1.807) is 42.5 Å². The Hall–Kier alpha value is -3.72. The van der Waals surface area contributed by atoms with Crippen LogP contribution < -0.4 is 5.01 Å². The Morgan fingerprint density at radius 3 is 2.72 bits per heavy atom. The van der Waals surface area contributed by atoms with E-state index in [4.69, 9.17) is 9.47 Å². The van der Waals surface area contributed by atoms with Gasteiger partial charge in [-0.1, -0.05) is 18.2 Å². The summed E-state index contributed by atoms with van der Waals surface area (Å²) in [6.07, 6.45) is 0. The highest BCUT2D eigenvalue weighted by atomic mass is 16.5. The lowest BCUT2D eigenvalue weighted by Gasteiger charge is -2.36. The molecule has 4 rings (SSSR count). The summed E-state index contributed by atoms with van der Waals surface area (Å²) in [6.45, 7) is 0.440. The molecule has 1 aliphatic rings. The summed E-state index contributed by atoms with van der Waals surface area (Å²) < 4.78 is 9.95. The first-order valence-electron chi connectivity index (χ1n) is 8.94. The molecule has 1 saturated heterocycles. The van der Waals surface area contributed by atoms with Gasteiger partial charge < -0.3 is 9.47 Å². The molecule has 29 heavy (non-hydrogen) atoms. The van der Waals surface area contributed by atoms with Crippen molar-refractivity contribution >= 4 is 34.4 Å². The highest BCUT2D eigenvalue weighted by Crippen LogP contribution is 2.25. The normalized spacial score (nSPS) is 14.1. The summed E-state index contributed by atoms with van der Waals surface area (Å²) in [7, 11) is 1.29. The quantitative estimate of drug-likeness (QED) is 0.676. The van der Waals surface area contributed by atoms with E-state index in [0.717, 1.165) is 0 Å². The van der Waals surface area contributed by atoms with Crippen LogP contribution in [0.5, 0.6) is 0 Å². The second-order valence-corrected chi connectivity index (χ2v) is 6.35. The summed E-state index contributed by atoms with van der Waals surface area (Å²) in [4.78, 5) is 37.8. The van der Waals surface area contributed by atoms with Crippen molar-refractivity contribution in [3.05, 3.63) is 59.8 Å². The van der Waals surface area contributed by atoms with Crippen molar-refractivity contribution in [2.75, 3.05) is 31.9 Å². The van der Waals surface area contributed by atoms with Gasteiger partial charge in [0.05, 0.1) is 37.0 Å². The van der Waals surface area contributed by atoms with Crippen molar-refractivity contribution < 1.29 is 23.9 Å². The number of aromatic amines is 1. The maximum atomic E-state index is 13.5. The molecule has 1 N–H and O–H groups in total. The van der Waals surface area contributed by atoms with Crippen LogP contribution in [0.1, 0.15) is 20.8 Å². The first-order valence-corrected chi connectivity index (χ1v) is 8.94. The topological polar surface area (TPSA) is 105 Å². The monoisotopic (exact) mass is 394 g/mol. The maximum absolute atomic E-state index is 13.5. The number of fused-ring (bicyclic) bond motifs is 1. The molecule has 0 unspecified atom stereocenters. The number of morpholine rings is 1. The van der Waals surface area contributed by atoms with E-state index in [-0.39, 0.29) is 24.8 Å². The molecule has 1 fully saturated rings. The van der Waals surface area contributed by atoms with Gasteiger partial charge in [-0.2, -0.15) is 5.10 Å². The fraction of sp³-hybridized carbons (Fsp3) is 0.200. The van der Waals surface area contributed by atoms with E-state index in [1.165, 1.54) is 17.1 Å². The van der Waals surface area contributed by atoms with Crippen LogP contribution in [0.4, 0.5) is 5.69 Å². The number of H-pyrrole nitrogens is 1. The maximum Gasteiger partial charge on any atom is 0.337 e. The molecule has 9 heteroatoms. The zero-order valence-electron chi connectivity index (χ0n) is 15.6. The molecule has 2 amide bonds. The molecule has 148 valence electrons. The molecule has 1 aromatic heterocycles. The molecule has 0 spiro atoms. The Labute approximate surface area is 165 Å². The van der Waals surface area contributed by atoms with Gasteiger partial charge in [-0.3, -0.25) is 14.7 Å². The SMILES string of the molecule is COC(=O)c1ccc2[nH]nc(C(=O)N(c3ccccc3)N3CCOCC3=O)c2c1. The van der Waals surface area contributed by atoms with Gasteiger partial charge in [0.1, 0.15) is 6.61 Å². The van der Waals surface area contributed by atoms with Gasteiger partial charge in [0, 0.05) is 5.39 Å². The Morgan fingerprint density at radius 2 is 2.00 bits per heavy atom. The van der Waals surface area contributed by atoms with E-state index in [9.17, 15) is 14.4 Å². The summed E-state index contributed by atoms with van der Waals surface area (Å²) in [5.74, 6) is -1.35. The number of carbonyl (C=O) groups is 3. The number of nitrogens with one attached hydrogen (secondary N) is 1. The number of esters is 1. The van der Waals surface area contributed by atoms with Gasteiger partial charge >= 0.3 is 5.97 Å². The predicted octanol–water partition coefficient (Wildman–Crippen LogP) is 1.77. The number of hydrazine groups is 1. The lowest BCUT2D eigenvalue weighted by Crippen LogP contribution is -2.55. The van der Waals surface area contributed by atoms with Crippen LogP contribution in [0.2, 0.25) is 0 Å². The number of nitrogens with zero attached hydrogens (tertiary/aromatic N) is 3. The van der Waals surface area contributed by atoms with Crippen molar-refractivity contribution in [2.45, 2.75) is 0 Å². The number of hydrogen-bond donors (Lipinski definition) is 1. The van der Waals surface area contributed by atoms with E-state index in [1.807, 2.05) is 6.07 Å². The molecular formula is C20H18N4O5. The minimum atomic E-state index is -0.519. The number of aromatic nitrogens is 2. The molecule has 9 nitrogen and oxygen atoms in total. The number of anilines is 1. The summed E-state index contributed by atoms with van der Waals surface area (Å²) in [5.41, 5.74) is 1.49. The molecule has 1 aliphatic heterocycles. The largest absolute Gasteiger partial charge is 0.465 e. The second kappa shape index (κ2) is 7.72. The fourth-order valence-corrected chi connectivity index (χ4v) is 3.18. The highest BCUT2D eigenvalue weighted by molar-refractivity contribution is 6.13. The van der Waals surface area contributed by atoms with Gasteiger partial charge in [-0.05, 0) is 30.3 Å². The third-order valence-corrected chi connectivity index (χ3v) is 4.58. The lowest BCUT2D eigenvalue weighted by molar-refractivity contribution is -0.142. The third kappa shape index (κ3) is 3.43. The Balaban J connectivity index is 1.80. The number of carbonyl (C=O) groups excluding carboxylic acids is 3. The summed E-state index contributed by atoms with van der Waals surface area (Å²) in [6, 6.07) is 13.6. The number of ether oxygens (including phenoxy) is 2. The molecule has 3 aromatic rings. The number of benzene rings is 2. The van der Waals surface area contributed by atoms with Crippen LogP contribution >= 0.6 is 0 Å². The van der Waals surface area contributed by atoms with Crippen molar-refractivity contribution in [3.8, 4) is 0 Å². The molecule has 0 bridgehead atoms. The van der Waals surface area contributed by atoms with Gasteiger partial charge in [0.2, 0.25) is 0 Å². The molecule has 0 aliphatic carbocycles. The zero-order valence-corrected chi connectivity index (χ0v) is 15.6. The van der Waals surface area contributed by atoms with E-state index < -0.39 is 11.9 Å². The van der Waals surface area contributed by atoms with Gasteiger partial charge in [-0.25, -0.2) is 14.8 Å². The molecule has 2 aromatic carbocycles. The Bertz CT molecular complexity index is 1080. The predicted molar refractivity (Wildman–Crippen MR) is 103 cm³/mol. The van der Waals surface area contributed by atoms with Crippen molar-refractivity contribution in [1.29, 1.82) is 0 Å². The number of methoxy groups -OCH3 is 1. The standard InChI is InChI=1S/C20H18N4O5/c1-28-20(27)13-7-8-16-15(11-13)18(22-21-16)19(26)24(14-5-3-2-4-6-14)23-9-10-29-12-17(23)25/h2-8,11H,9-10,12H2,1H3,(H,21,22). The van der Waals surface area contributed by atoms with Crippen molar-refractivity contribution in [1.82, 2.24) is 15.2 Å². The molecule has 0 atom stereocenters. The third-order valence-electron chi connectivity index (χ3n) is 4.58. The molecular weight excluding hydrogens is 376 g/mol. The van der Waals surface area contributed by atoms with Gasteiger partial charge in [0.15, 0.2) is 5.69 Å². The van der Waals surface area contributed by atoms with Gasteiger partial charge in [-0.15, -0.1) is 0 Å². The number of hydrogen-bond acceptors (Lipinski definition) is 6. The molecule has 0 radical (unpaired) electrons. The number of amides is 2. The van der Waals surface area contributed by atoms with Crippen molar-refractivity contribution in [2.24, 2.45) is 0 Å². The molecule has 0 saturated carbocycles. The highest BCUT2D eigenvalue weighted by Gasteiger charge is 2.32. The Morgan fingerprint density at radius 1 is 1.21 bits per heavy atom. The summed E-state index contributed by atoms with van der Waals surface area (Å²) in [5, 5.41) is 10.1. The number of rotatable bonds is 4. The van der Waals surface area contributed by atoms with E-state index >= 15 is 0 Å². The van der Waals surface area contributed by atoms with Crippen LogP contribution in [0.15, 0.2) is 48.5 Å². The van der Waals surface area contributed by atoms with Crippen LogP contribution in [0.3, 0.4) is 0 Å². The smallest absolute Gasteiger partial charge is 0.337 e. The number of para-hydroxylation sites is 1. The zero-order chi connectivity index (χ0) is 20.4. The van der Waals surface area contributed by atoms with Crippen LogP contribution in [0, 0.1) is 0 Å². The van der Waals surface area contributed by atoms with E-state index in [2.05, 4.69) is 10.2 Å². The average Bonchev–Trinajstić information content (AvgIpc) is 3.18. The van der Waals surface area contributed by atoms with Crippen LogP contribution in [-0.4, -0.2) is 59.9 Å². The average molecular weight is 394 g/mol. The van der Waals surface area contributed by atoms with Crippen LogP contribution in [-0.2, 0) is 14.3 Å². The van der Waals surface area contributed by atoms with Gasteiger partial charge in [0.25, 0.3) is 11.8 Å². The Kier molecular flexibility index (Phi) is 4.96. The second-order valence-electron chi connectivity index (χ2n) is 6.35. The first-order chi connectivity index (χ1) is 14.1. The summed E-state index contributed by atoms with van der Waals surface area (Å²) >= 11 is 0. The fourth-order valence-electron chi connectivity index (χ4n) is 3.18. The van der Waals surface area contributed by atoms with Crippen molar-refractivity contribution in [3.63, 3.8) is 0 Å². The molecule has 2 heterocycles. The van der Waals surface area contributed by atoms with E-state index in [0.29, 0.717) is 28.8 Å². The lowest BCUT2D eigenvalue weighted by atomic mass is 10.1. The minimum absolute atomic E-state index is 0.0916. The minimum Gasteiger partial charge on any atom is -0.465 e.